The Balaban J connectivity index is 2.18. The van der Waals surface area contributed by atoms with Gasteiger partial charge in [-0.15, -0.1) is 0 Å². The van der Waals surface area contributed by atoms with Crippen LogP contribution in [-0.2, 0) is 4.79 Å². The lowest BCUT2D eigenvalue weighted by molar-refractivity contribution is -0.130. The Bertz CT molecular complexity index is 1090. The number of nitrogen functional groups attached to an aromatic ring is 1. The lowest BCUT2D eigenvalue weighted by atomic mass is 9.92. The van der Waals surface area contributed by atoms with Crippen LogP contribution in [0.4, 0.5) is 5.82 Å². The molecule has 29 heavy (non-hydrogen) atoms. The minimum absolute atomic E-state index is 0.100. The molecule has 1 aromatic heterocycles. The van der Waals surface area contributed by atoms with Crippen LogP contribution in [0.2, 0.25) is 0 Å². The summed E-state index contributed by atoms with van der Waals surface area (Å²) < 4.78 is 5.79. The van der Waals surface area contributed by atoms with E-state index in [0.29, 0.717) is 22.6 Å². The summed E-state index contributed by atoms with van der Waals surface area (Å²) in [5.41, 5.74) is 10.2. The molecule has 0 spiro atoms. The average Bonchev–Trinajstić information content (AvgIpc) is 2.73. The molecular weight excluding hydrogens is 364 g/mol. The van der Waals surface area contributed by atoms with E-state index in [-0.39, 0.29) is 23.9 Å². The molecule has 0 bridgehead atoms. The van der Waals surface area contributed by atoms with E-state index >= 15 is 0 Å². The number of nitrogens with two attached hydrogens (primary N) is 1. The van der Waals surface area contributed by atoms with Gasteiger partial charge >= 0.3 is 0 Å². The summed E-state index contributed by atoms with van der Waals surface area (Å²) in [5, 5.41) is 9.76. The molecule has 2 aromatic carbocycles. The van der Waals surface area contributed by atoms with E-state index < -0.39 is 0 Å². The molecule has 2 N–H and O–H groups in total. The number of rotatable bonds is 5. The number of carbonyl (C=O) groups excluding carboxylic acids is 1. The van der Waals surface area contributed by atoms with Crippen molar-refractivity contribution in [2.75, 3.05) is 26.4 Å². The normalized spacial score (nSPS) is 10.3. The second-order valence-corrected chi connectivity index (χ2v) is 6.77. The zero-order chi connectivity index (χ0) is 21.0. The summed E-state index contributed by atoms with van der Waals surface area (Å²) >= 11 is 0. The summed E-state index contributed by atoms with van der Waals surface area (Å²) in [7, 11) is 3.34. The van der Waals surface area contributed by atoms with Gasteiger partial charge in [0.05, 0.1) is 5.69 Å². The summed E-state index contributed by atoms with van der Waals surface area (Å²) in [6.07, 6.45) is 0. The van der Waals surface area contributed by atoms with Gasteiger partial charge in [0.1, 0.15) is 23.2 Å². The third-order valence-electron chi connectivity index (χ3n) is 4.63. The van der Waals surface area contributed by atoms with Gasteiger partial charge in [-0.2, -0.15) is 5.26 Å². The predicted molar refractivity (Wildman–Crippen MR) is 113 cm³/mol. The highest BCUT2D eigenvalue weighted by Gasteiger charge is 2.21. The van der Waals surface area contributed by atoms with Crippen molar-refractivity contribution < 1.29 is 9.53 Å². The Morgan fingerprint density at radius 1 is 1.14 bits per heavy atom. The van der Waals surface area contributed by atoms with Gasteiger partial charge in [-0.25, -0.2) is 4.98 Å². The van der Waals surface area contributed by atoms with E-state index in [9.17, 15) is 10.1 Å². The lowest BCUT2D eigenvalue weighted by Gasteiger charge is -2.18. The molecule has 6 nitrogen and oxygen atoms in total. The topological polar surface area (TPSA) is 92.2 Å². The number of likely N-dealkylation sites (N-methyl/N-ethyl adjacent to an activating group) is 1. The minimum atomic E-state index is -0.156. The molecule has 0 fully saturated rings. The first-order valence-corrected chi connectivity index (χ1v) is 9.12. The smallest absolute Gasteiger partial charge is 0.259 e. The number of benzene rings is 2. The Morgan fingerprint density at radius 3 is 2.45 bits per heavy atom. The summed E-state index contributed by atoms with van der Waals surface area (Å²) in [6, 6.07) is 19.2. The van der Waals surface area contributed by atoms with Gasteiger partial charge in [-0.05, 0) is 18.6 Å². The molecule has 3 rings (SSSR count). The number of amides is 1. The highest BCUT2D eigenvalue weighted by atomic mass is 16.5. The van der Waals surface area contributed by atoms with Gasteiger partial charge in [0.25, 0.3) is 5.91 Å². The zero-order valence-corrected chi connectivity index (χ0v) is 16.6. The molecule has 0 aliphatic carbocycles. The van der Waals surface area contributed by atoms with Crippen LogP contribution in [0.15, 0.2) is 54.6 Å². The fourth-order valence-electron chi connectivity index (χ4n) is 3.09. The average molecular weight is 386 g/mol. The molecule has 0 radical (unpaired) electrons. The van der Waals surface area contributed by atoms with Gasteiger partial charge in [0, 0.05) is 30.8 Å². The number of nitriles is 1. The Hall–Kier alpha value is -3.85. The second-order valence-electron chi connectivity index (χ2n) is 6.77. The fraction of sp³-hybridized carbons (Fsp3) is 0.174. The van der Waals surface area contributed by atoms with Crippen molar-refractivity contribution in [2.45, 2.75) is 6.92 Å². The Kier molecular flexibility index (Phi) is 5.79. The molecule has 1 heterocycles. The van der Waals surface area contributed by atoms with Crippen molar-refractivity contribution in [3.63, 3.8) is 0 Å². The zero-order valence-electron chi connectivity index (χ0n) is 16.6. The molecule has 0 atom stereocenters. The molecular formula is C23H22N4O2. The first-order valence-electron chi connectivity index (χ1n) is 9.12. The predicted octanol–water partition coefficient (Wildman–Crippen LogP) is 3.64. The number of aromatic nitrogens is 1. The second kappa shape index (κ2) is 8.44. The van der Waals surface area contributed by atoms with Gasteiger partial charge < -0.3 is 15.4 Å². The van der Waals surface area contributed by atoms with E-state index in [1.807, 2.05) is 55.5 Å². The largest absolute Gasteiger partial charge is 0.483 e. The van der Waals surface area contributed by atoms with E-state index in [1.165, 1.54) is 4.90 Å². The van der Waals surface area contributed by atoms with Gasteiger partial charge in [-0.3, -0.25) is 4.79 Å². The standard InChI is InChI=1S/C23H22N4O2/c1-15-21(17-11-7-8-12-19(17)29-14-20(28)27(2)3)18(13-24)23(25)26-22(15)16-9-5-4-6-10-16/h4-12H,14H2,1-3H3,(H2,25,26). The fourth-order valence-corrected chi connectivity index (χ4v) is 3.09. The first kappa shape index (κ1) is 19.9. The van der Waals surface area contributed by atoms with Crippen LogP contribution in [0, 0.1) is 18.3 Å². The maximum atomic E-state index is 12.0. The van der Waals surface area contributed by atoms with Crippen molar-refractivity contribution in [1.82, 2.24) is 9.88 Å². The third kappa shape index (κ3) is 4.04. The van der Waals surface area contributed by atoms with E-state index in [2.05, 4.69) is 11.1 Å². The van der Waals surface area contributed by atoms with Crippen LogP contribution >= 0.6 is 0 Å². The Labute approximate surface area is 170 Å². The van der Waals surface area contributed by atoms with Crippen LogP contribution in [0.3, 0.4) is 0 Å². The molecule has 0 aliphatic rings. The number of anilines is 1. The molecule has 3 aromatic rings. The molecule has 0 saturated carbocycles. The quantitative estimate of drug-likeness (QED) is 0.723. The molecule has 6 heteroatoms. The van der Waals surface area contributed by atoms with Gasteiger partial charge in [-0.1, -0.05) is 48.5 Å². The lowest BCUT2D eigenvalue weighted by Crippen LogP contribution is -2.27. The van der Waals surface area contributed by atoms with E-state index in [4.69, 9.17) is 10.5 Å². The van der Waals surface area contributed by atoms with Crippen molar-refractivity contribution in [3.05, 3.63) is 65.7 Å². The molecule has 146 valence electrons. The molecule has 0 aliphatic heterocycles. The summed E-state index contributed by atoms with van der Waals surface area (Å²) in [6.45, 7) is 1.81. The van der Waals surface area contributed by atoms with Crippen molar-refractivity contribution in [1.29, 1.82) is 5.26 Å². The van der Waals surface area contributed by atoms with Crippen LogP contribution in [0.1, 0.15) is 11.1 Å². The maximum Gasteiger partial charge on any atom is 0.259 e. The van der Waals surface area contributed by atoms with E-state index in [0.717, 1.165) is 11.1 Å². The number of hydrogen-bond acceptors (Lipinski definition) is 5. The van der Waals surface area contributed by atoms with Crippen molar-refractivity contribution in [3.8, 4) is 34.2 Å². The van der Waals surface area contributed by atoms with Crippen molar-refractivity contribution >= 4 is 11.7 Å². The minimum Gasteiger partial charge on any atom is -0.483 e. The highest BCUT2D eigenvalue weighted by Crippen LogP contribution is 2.39. The number of ether oxygens (including phenoxy) is 1. The number of hydrogen-bond donors (Lipinski definition) is 1. The number of para-hydroxylation sites is 1. The third-order valence-corrected chi connectivity index (χ3v) is 4.63. The maximum absolute atomic E-state index is 12.0. The van der Waals surface area contributed by atoms with Crippen molar-refractivity contribution in [2.24, 2.45) is 0 Å². The SMILES string of the molecule is Cc1c(-c2ccccc2)nc(N)c(C#N)c1-c1ccccc1OCC(=O)N(C)C. The summed E-state index contributed by atoms with van der Waals surface area (Å²) in [5.74, 6) is 0.509. The summed E-state index contributed by atoms with van der Waals surface area (Å²) in [4.78, 5) is 17.9. The number of nitrogens with zero attached hydrogens (tertiary/aromatic N) is 3. The molecule has 1 amide bonds. The number of pyridine rings is 1. The van der Waals surface area contributed by atoms with Crippen LogP contribution in [0.5, 0.6) is 5.75 Å². The first-order chi connectivity index (χ1) is 13.9. The van der Waals surface area contributed by atoms with Crippen LogP contribution < -0.4 is 10.5 Å². The molecule has 0 saturated heterocycles. The number of carbonyl (C=O) groups is 1. The van der Waals surface area contributed by atoms with Crippen LogP contribution in [-0.4, -0.2) is 36.5 Å². The van der Waals surface area contributed by atoms with Gasteiger partial charge in [0.2, 0.25) is 0 Å². The molecule has 0 unspecified atom stereocenters. The highest BCUT2D eigenvalue weighted by molar-refractivity contribution is 5.87. The van der Waals surface area contributed by atoms with E-state index in [1.54, 1.807) is 20.2 Å². The van der Waals surface area contributed by atoms with Crippen LogP contribution in [0.25, 0.3) is 22.4 Å². The van der Waals surface area contributed by atoms with Gasteiger partial charge in [0.15, 0.2) is 6.61 Å². The monoisotopic (exact) mass is 386 g/mol. The Morgan fingerprint density at radius 2 is 1.79 bits per heavy atom.